The Kier molecular flexibility index (Phi) is 11.9. The van der Waals surface area contributed by atoms with E-state index in [4.69, 9.17) is 20.9 Å². The zero-order valence-corrected chi connectivity index (χ0v) is 24.7. The van der Waals surface area contributed by atoms with Crippen molar-refractivity contribution in [3.05, 3.63) is 60.2 Å². The summed E-state index contributed by atoms with van der Waals surface area (Å²) < 4.78 is 39.8. The predicted octanol–water partition coefficient (Wildman–Crippen LogP) is 1.41. The molecule has 228 valence electrons. The van der Waals surface area contributed by atoms with Gasteiger partial charge in [-0.3, -0.25) is 0 Å². The highest BCUT2D eigenvalue weighted by Gasteiger charge is 2.38. The average Bonchev–Trinajstić information content (AvgIpc) is 2.93. The van der Waals surface area contributed by atoms with Crippen molar-refractivity contribution in [2.45, 2.75) is 62.6 Å². The van der Waals surface area contributed by atoms with Crippen molar-refractivity contribution in [3.8, 4) is 0 Å². The minimum Gasteiger partial charge on any atom is -0.530 e. The fraction of sp³-hybridized carbons (Fsp3) is 0.552. The molecule has 11 nitrogen and oxygen atoms in total. The molecular weight excluding hydrogens is 548 g/mol. The van der Waals surface area contributed by atoms with Crippen LogP contribution in [-0.4, -0.2) is 86.7 Å². The van der Waals surface area contributed by atoms with Crippen molar-refractivity contribution in [2.24, 2.45) is 11.1 Å². The molecule has 2 aromatic rings. The van der Waals surface area contributed by atoms with Crippen molar-refractivity contribution in [1.29, 1.82) is 0 Å². The number of hydrogen-bond donors (Lipinski definition) is 3. The number of carbonyl (C=O) groups excluding carboxylic acids is 1. The summed E-state index contributed by atoms with van der Waals surface area (Å²) in [6.07, 6.45) is -0.441. The highest BCUT2D eigenvalue weighted by atomic mass is 32.2. The van der Waals surface area contributed by atoms with Gasteiger partial charge < -0.3 is 40.8 Å². The van der Waals surface area contributed by atoms with Crippen LogP contribution in [0.15, 0.2) is 59.5 Å². The van der Waals surface area contributed by atoms with Crippen LogP contribution in [-0.2, 0) is 25.9 Å². The van der Waals surface area contributed by atoms with E-state index in [0.717, 1.165) is 23.3 Å². The number of hydrogen-bond acceptors (Lipinski definition) is 9. The van der Waals surface area contributed by atoms with E-state index in [-0.39, 0.29) is 44.4 Å². The molecule has 41 heavy (non-hydrogen) atoms. The fourth-order valence-electron chi connectivity index (χ4n) is 5.14. The Morgan fingerprint density at radius 1 is 1.10 bits per heavy atom. The van der Waals surface area contributed by atoms with Gasteiger partial charge in [0.1, 0.15) is 12.9 Å². The number of benzene rings is 2. The van der Waals surface area contributed by atoms with Crippen molar-refractivity contribution in [2.75, 3.05) is 45.4 Å². The molecule has 1 amide bonds. The maximum Gasteiger partial charge on any atom is 0.243 e. The lowest BCUT2D eigenvalue weighted by molar-refractivity contribution is -0.278. The third kappa shape index (κ3) is 9.38. The van der Waals surface area contributed by atoms with E-state index in [0.29, 0.717) is 18.7 Å². The normalized spacial score (nSPS) is 16.4. The van der Waals surface area contributed by atoms with Crippen molar-refractivity contribution in [1.82, 2.24) is 9.21 Å². The Morgan fingerprint density at radius 2 is 1.73 bits per heavy atom. The minimum absolute atomic E-state index is 0.0297. The molecule has 0 aliphatic carbocycles. The van der Waals surface area contributed by atoms with E-state index in [9.17, 15) is 23.4 Å². The fourth-order valence-corrected chi connectivity index (χ4v) is 6.78. The van der Waals surface area contributed by atoms with Crippen LogP contribution in [0.5, 0.6) is 0 Å². The van der Waals surface area contributed by atoms with Crippen molar-refractivity contribution >= 4 is 21.8 Å². The van der Waals surface area contributed by atoms with Gasteiger partial charge in [0, 0.05) is 18.8 Å². The molecule has 0 unspecified atom stereocenters. The Hall–Kier alpha value is -2.74. The summed E-state index contributed by atoms with van der Waals surface area (Å²) in [5.41, 5.74) is 12.2. The van der Waals surface area contributed by atoms with Gasteiger partial charge in [0.05, 0.1) is 36.3 Å². The van der Waals surface area contributed by atoms with Gasteiger partial charge in [-0.15, -0.1) is 0 Å². The summed E-state index contributed by atoms with van der Waals surface area (Å²) in [6.45, 7) is 4.39. The maximum atomic E-state index is 13.9. The van der Waals surface area contributed by atoms with Gasteiger partial charge in [-0.05, 0) is 61.1 Å². The number of rotatable bonds is 15. The second-order valence-electron chi connectivity index (χ2n) is 11.3. The minimum atomic E-state index is -4.09. The average molecular weight is 592 g/mol. The van der Waals surface area contributed by atoms with Crippen LogP contribution in [0.4, 0.5) is 10.5 Å². The summed E-state index contributed by atoms with van der Waals surface area (Å²) >= 11 is 0. The van der Waals surface area contributed by atoms with Gasteiger partial charge in [0.25, 0.3) is 0 Å². The van der Waals surface area contributed by atoms with Crippen LogP contribution in [0.25, 0.3) is 0 Å². The summed E-state index contributed by atoms with van der Waals surface area (Å²) in [5.74, 6) is 0. The molecule has 5 N–H and O–H groups in total. The van der Waals surface area contributed by atoms with E-state index >= 15 is 0 Å². The molecule has 1 heterocycles. The molecule has 2 atom stereocenters. The summed E-state index contributed by atoms with van der Waals surface area (Å²) in [4.78, 5) is 13.6. The standard InChI is InChI=1S/C29H44N4O7S/c1-29(2,14-6-7-15-30)20-32(41(37,38)25-12-10-23(31)11-13-25)17-27(34)26(16-22-8-4-3-5-9-22)33(28(35)36)24-18-39-21-40-19-24/h3-5,8-13,24,26-27,34H,6-7,14-21,30-31H2,1-2H3,(H,35,36)/p-1/t26-,27+/m0/s1. The summed E-state index contributed by atoms with van der Waals surface area (Å²) in [5, 5.41) is 24.2. The SMILES string of the molecule is CC(C)(CCCCN)CN(C[C@@H](O)[C@H](Cc1ccccc1)N(C(=O)[O-])C1COCOC1)S(=O)(=O)c1ccc(N)cc1. The van der Waals surface area contributed by atoms with Crippen LogP contribution in [0.2, 0.25) is 0 Å². The largest absolute Gasteiger partial charge is 0.530 e. The lowest BCUT2D eigenvalue weighted by atomic mass is 9.87. The number of nitrogen functional groups attached to an aromatic ring is 1. The first-order valence-electron chi connectivity index (χ1n) is 13.9. The second kappa shape index (κ2) is 14.9. The van der Waals surface area contributed by atoms with E-state index in [1.165, 1.54) is 28.6 Å². The molecule has 1 aliphatic heterocycles. The second-order valence-corrected chi connectivity index (χ2v) is 13.2. The van der Waals surface area contributed by atoms with E-state index < -0.39 is 39.7 Å². The molecule has 0 radical (unpaired) electrons. The smallest absolute Gasteiger partial charge is 0.243 e. The first-order chi connectivity index (χ1) is 19.4. The summed E-state index contributed by atoms with van der Waals surface area (Å²) in [6, 6.07) is 13.2. The number of aliphatic hydroxyl groups excluding tert-OH is 1. The number of carbonyl (C=O) groups is 1. The third-order valence-electron chi connectivity index (χ3n) is 7.30. The topological polar surface area (TPSA) is 171 Å². The molecule has 1 fully saturated rings. The van der Waals surface area contributed by atoms with Gasteiger partial charge in [-0.25, -0.2) is 8.42 Å². The van der Waals surface area contributed by atoms with Gasteiger partial charge in [0.15, 0.2) is 0 Å². The molecule has 0 bridgehead atoms. The predicted molar refractivity (Wildman–Crippen MR) is 154 cm³/mol. The van der Waals surface area contributed by atoms with Crippen molar-refractivity contribution in [3.63, 3.8) is 0 Å². The summed E-state index contributed by atoms with van der Waals surface area (Å²) in [7, 11) is -4.09. The molecule has 0 saturated carbocycles. The number of sulfonamides is 1. The van der Waals surface area contributed by atoms with Crippen molar-refractivity contribution < 1.29 is 32.9 Å². The molecule has 3 rings (SSSR count). The van der Waals surface area contributed by atoms with Gasteiger partial charge >= 0.3 is 0 Å². The number of nitrogens with zero attached hydrogens (tertiary/aromatic N) is 2. The van der Waals surface area contributed by atoms with Crippen LogP contribution in [0, 0.1) is 5.41 Å². The zero-order valence-electron chi connectivity index (χ0n) is 23.9. The number of amides is 1. The van der Waals surface area contributed by atoms with Gasteiger partial charge in [-0.1, -0.05) is 50.6 Å². The highest BCUT2D eigenvalue weighted by molar-refractivity contribution is 7.89. The Labute approximate surface area is 243 Å². The molecule has 0 aromatic heterocycles. The number of ether oxygens (including phenoxy) is 2. The van der Waals surface area contributed by atoms with Crippen LogP contribution in [0.3, 0.4) is 0 Å². The monoisotopic (exact) mass is 591 g/mol. The number of anilines is 1. The van der Waals surface area contributed by atoms with Crippen LogP contribution in [0.1, 0.15) is 38.7 Å². The number of carboxylic acid groups (broad SMARTS) is 1. The number of unbranched alkanes of at least 4 members (excludes halogenated alkanes) is 1. The Balaban J connectivity index is 1.98. The first kappa shape index (κ1) is 32.8. The van der Waals surface area contributed by atoms with E-state index in [1.807, 2.05) is 44.2 Å². The maximum absolute atomic E-state index is 13.9. The molecule has 0 spiro atoms. The lowest BCUT2D eigenvalue weighted by Gasteiger charge is -2.44. The highest BCUT2D eigenvalue weighted by Crippen LogP contribution is 2.29. The Bertz CT molecular complexity index is 1190. The number of aliphatic hydroxyl groups is 1. The molecule has 1 saturated heterocycles. The molecule has 1 aliphatic rings. The zero-order chi connectivity index (χ0) is 30.0. The van der Waals surface area contributed by atoms with Crippen LogP contribution < -0.4 is 16.6 Å². The quantitative estimate of drug-likeness (QED) is 0.205. The molecule has 2 aromatic carbocycles. The van der Waals surface area contributed by atoms with E-state index in [1.54, 1.807) is 0 Å². The number of nitrogens with two attached hydrogens (primary N) is 2. The van der Waals surface area contributed by atoms with Crippen LogP contribution >= 0.6 is 0 Å². The van der Waals surface area contributed by atoms with Gasteiger partial charge in [-0.2, -0.15) is 4.31 Å². The lowest BCUT2D eigenvalue weighted by Crippen LogP contribution is -2.62. The molecular formula is C29H43N4O7S-. The van der Waals surface area contributed by atoms with E-state index in [2.05, 4.69) is 0 Å². The first-order valence-corrected chi connectivity index (χ1v) is 15.3. The van der Waals surface area contributed by atoms with Gasteiger partial charge in [0.2, 0.25) is 10.0 Å². The third-order valence-corrected chi connectivity index (χ3v) is 9.13. The molecule has 12 heteroatoms. The Morgan fingerprint density at radius 3 is 2.32 bits per heavy atom.